The lowest BCUT2D eigenvalue weighted by Gasteiger charge is -2.32. The van der Waals surface area contributed by atoms with Crippen LogP contribution in [-0.4, -0.2) is 50.0 Å². The first-order chi connectivity index (χ1) is 17.8. The van der Waals surface area contributed by atoms with Crippen LogP contribution in [-0.2, 0) is 26.2 Å². The number of amides is 2. The van der Waals surface area contributed by atoms with Crippen LogP contribution in [0.3, 0.4) is 0 Å². The number of rotatable bonds is 13. The van der Waals surface area contributed by atoms with Crippen LogP contribution in [0.25, 0.3) is 0 Å². The summed E-state index contributed by atoms with van der Waals surface area (Å²) in [6.07, 6.45) is 2.49. The highest BCUT2D eigenvalue weighted by atomic mass is 35.5. The second-order valence-electron chi connectivity index (χ2n) is 9.29. The van der Waals surface area contributed by atoms with Crippen molar-refractivity contribution in [2.45, 2.75) is 72.0 Å². The van der Waals surface area contributed by atoms with Gasteiger partial charge in [0.2, 0.25) is 21.8 Å². The first kappa shape index (κ1) is 32.2. The second kappa shape index (κ2) is 14.4. The zero-order valence-corrected chi connectivity index (χ0v) is 25.5. The summed E-state index contributed by atoms with van der Waals surface area (Å²) in [5.41, 5.74) is 1.64. The van der Waals surface area contributed by atoms with Gasteiger partial charge in [0.05, 0.1) is 11.9 Å². The van der Waals surface area contributed by atoms with Crippen LogP contribution in [0.4, 0.5) is 5.69 Å². The summed E-state index contributed by atoms with van der Waals surface area (Å²) in [5.74, 6) is -0.561. The van der Waals surface area contributed by atoms with Crippen LogP contribution in [0.5, 0.6) is 0 Å². The second-order valence-corrected chi connectivity index (χ2v) is 12.4. The van der Waals surface area contributed by atoms with E-state index < -0.39 is 16.1 Å². The SMILES string of the molecule is CC[C@@H](C)NC(=O)[C@H](CC)N(Cc1c(Cl)cccc1Cl)C(=O)CCCN(c1cccc(Cl)c1C)S(C)(=O)=O. The van der Waals surface area contributed by atoms with Crippen LogP contribution in [0.15, 0.2) is 36.4 Å². The number of nitrogens with one attached hydrogen (secondary N) is 1. The minimum atomic E-state index is -3.64. The first-order valence-electron chi connectivity index (χ1n) is 12.6. The summed E-state index contributed by atoms with van der Waals surface area (Å²) >= 11 is 19.0. The minimum absolute atomic E-state index is 0.0147. The molecule has 0 fully saturated rings. The van der Waals surface area contributed by atoms with Gasteiger partial charge in [-0.25, -0.2) is 8.42 Å². The molecule has 0 aliphatic rings. The Labute approximate surface area is 241 Å². The topological polar surface area (TPSA) is 86.8 Å². The van der Waals surface area contributed by atoms with E-state index in [0.717, 1.165) is 12.7 Å². The van der Waals surface area contributed by atoms with Crippen LogP contribution < -0.4 is 9.62 Å². The Morgan fingerprint density at radius 3 is 2.11 bits per heavy atom. The lowest BCUT2D eigenvalue weighted by Crippen LogP contribution is -2.50. The number of anilines is 1. The molecule has 0 aliphatic carbocycles. The van der Waals surface area contributed by atoms with E-state index in [1.54, 1.807) is 43.3 Å². The largest absolute Gasteiger partial charge is 0.352 e. The van der Waals surface area contributed by atoms with E-state index in [0.29, 0.717) is 38.3 Å². The highest BCUT2D eigenvalue weighted by molar-refractivity contribution is 7.92. The van der Waals surface area contributed by atoms with Gasteiger partial charge in [-0.1, -0.05) is 60.8 Å². The summed E-state index contributed by atoms with van der Waals surface area (Å²) in [4.78, 5) is 28.2. The van der Waals surface area contributed by atoms with Crippen molar-refractivity contribution in [3.05, 3.63) is 62.6 Å². The molecule has 0 aliphatic heterocycles. The third kappa shape index (κ3) is 8.50. The van der Waals surface area contributed by atoms with Crippen molar-refractivity contribution in [2.24, 2.45) is 0 Å². The molecular weight excluding hydrogens is 569 g/mol. The fourth-order valence-electron chi connectivity index (χ4n) is 4.06. The molecule has 2 rings (SSSR count). The van der Waals surface area contributed by atoms with E-state index in [4.69, 9.17) is 34.8 Å². The molecule has 0 radical (unpaired) electrons. The molecule has 210 valence electrons. The van der Waals surface area contributed by atoms with Gasteiger partial charge in [0.1, 0.15) is 6.04 Å². The Balaban J connectivity index is 2.32. The molecule has 0 spiro atoms. The Kier molecular flexibility index (Phi) is 12.2. The maximum absolute atomic E-state index is 13.6. The number of sulfonamides is 1. The molecule has 2 amide bonds. The predicted octanol–water partition coefficient (Wildman–Crippen LogP) is 6.22. The molecule has 0 heterocycles. The van der Waals surface area contributed by atoms with Crippen molar-refractivity contribution >= 4 is 62.3 Å². The van der Waals surface area contributed by atoms with Crippen LogP contribution >= 0.6 is 34.8 Å². The van der Waals surface area contributed by atoms with Gasteiger partial charge in [0.25, 0.3) is 0 Å². The lowest BCUT2D eigenvalue weighted by molar-refractivity contribution is -0.141. The molecule has 7 nitrogen and oxygen atoms in total. The Morgan fingerprint density at radius 2 is 1.55 bits per heavy atom. The highest BCUT2D eigenvalue weighted by Crippen LogP contribution is 2.30. The molecule has 2 aromatic rings. The smallest absolute Gasteiger partial charge is 0.243 e. The number of nitrogens with zero attached hydrogens (tertiary/aromatic N) is 2. The van der Waals surface area contributed by atoms with E-state index in [1.165, 1.54) is 9.21 Å². The van der Waals surface area contributed by atoms with Gasteiger partial charge in [0.15, 0.2) is 0 Å². The Hall–Kier alpha value is -2.00. The number of hydrogen-bond acceptors (Lipinski definition) is 4. The number of carbonyl (C=O) groups excluding carboxylic acids is 2. The summed E-state index contributed by atoms with van der Waals surface area (Å²) in [6, 6.07) is 9.34. The third-order valence-corrected chi connectivity index (χ3v) is 8.73. The Morgan fingerprint density at radius 1 is 0.974 bits per heavy atom. The van der Waals surface area contributed by atoms with Gasteiger partial charge in [0, 0.05) is 46.2 Å². The van der Waals surface area contributed by atoms with Crippen LogP contribution in [0.2, 0.25) is 15.1 Å². The molecule has 38 heavy (non-hydrogen) atoms. The van der Waals surface area contributed by atoms with Crippen molar-refractivity contribution in [3.63, 3.8) is 0 Å². The predicted molar refractivity (Wildman–Crippen MR) is 157 cm³/mol. The van der Waals surface area contributed by atoms with Gasteiger partial charge in [-0.05, 0) is 62.9 Å². The Bertz CT molecular complexity index is 1220. The van der Waals surface area contributed by atoms with Crippen molar-refractivity contribution in [1.82, 2.24) is 10.2 Å². The quantitative estimate of drug-likeness (QED) is 0.294. The van der Waals surface area contributed by atoms with E-state index in [1.807, 2.05) is 20.8 Å². The van der Waals surface area contributed by atoms with E-state index in [9.17, 15) is 18.0 Å². The van der Waals surface area contributed by atoms with Crippen molar-refractivity contribution in [1.29, 1.82) is 0 Å². The maximum Gasteiger partial charge on any atom is 0.243 e. The van der Waals surface area contributed by atoms with Gasteiger partial charge >= 0.3 is 0 Å². The van der Waals surface area contributed by atoms with Crippen LogP contribution in [0.1, 0.15) is 57.6 Å². The molecule has 0 bridgehead atoms. The summed E-state index contributed by atoms with van der Waals surface area (Å²) in [7, 11) is -3.64. The molecule has 0 saturated carbocycles. The molecular formula is C27H36Cl3N3O4S. The van der Waals surface area contributed by atoms with E-state index in [-0.39, 0.29) is 43.8 Å². The molecule has 2 atom stereocenters. The monoisotopic (exact) mass is 603 g/mol. The lowest BCUT2D eigenvalue weighted by atomic mass is 10.1. The fraction of sp³-hybridized carbons (Fsp3) is 0.481. The highest BCUT2D eigenvalue weighted by Gasteiger charge is 2.30. The molecule has 1 N–H and O–H groups in total. The summed E-state index contributed by atoms with van der Waals surface area (Å²) < 4.78 is 26.5. The van der Waals surface area contributed by atoms with Crippen LogP contribution in [0, 0.1) is 6.92 Å². The summed E-state index contributed by atoms with van der Waals surface area (Å²) in [5, 5.41) is 4.20. The van der Waals surface area contributed by atoms with Crippen molar-refractivity contribution < 1.29 is 18.0 Å². The van der Waals surface area contributed by atoms with Crippen molar-refractivity contribution in [3.8, 4) is 0 Å². The van der Waals surface area contributed by atoms with Gasteiger partial charge in [-0.3, -0.25) is 13.9 Å². The molecule has 0 aromatic heterocycles. The average Bonchev–Trinajstić information content (AvgIpc) is 2.84. The van der Waals surface area contributed by atoms with E-state index in [2.05, 4.69) is 5.32 Å². The molecule has 11 heteroatoms. The first-order valence-corrected chi connectivity index (χ1v) is 15.5. The van der Waals surface area contributed by atoms with E-state index >= 15 is 0 Å². The normalized spacial score (nSPS) is 13.1. The number of hydrogen-bond donors (Lipinski definition) is 1. The molecule has 0 saturated heterocycles. The van der Waals surface area contributed by atoms with Crippen molar-refractivity contribution in [2.75, 3.05) is 17.1 Å². The zero-order valence-electron chi connectivity index (χ0n) is 22.4. The number of carbonyl (C=O) groups is 2. The molecule has 0 unspecified atom stereocenters. The fourth-order valence-corrected chi connectivity index (χ4v) is 5.77. The standard InChI is InChI=1S/C27H36Cl3N3O4S/c1-6-18(3)31-27(35)24(7-2)32(17-20-22(29)12-8-13-23(20)30)26(34)15-10-16-33(38(5,36)37)25-14-9-11-21(28)19(25)4/h8-9,11-14,18,24H,6-7,10,15-17H2,1-5H3,(H,31,35)/t18-,24+/m1/s1. The summed E-state index contributed by atoms with van der Waals surface area (Å²) in [6.45, 7) is 7.57. The number of benzene rings is 2. The average molecular weight is 605 g/mol. The maximum atomic E-state index is 13.6. The van der Waals surface area contributed by atoms with Gasteiger partial charge < -0.3 is 10.2 Å². The van der Waals surface area contributed by atoms with Gasteiger partial charge in [-0.2, -0.15) is 0 Å². The van der Waals surface area contributed by atoms with Gasteiger partial charge in [-0.15, -0.1) is 0 Å². The molecule has 2 aromatic carbocycles. The number of halogens is 3. The third-order valence-electron chi connectivity index (χ3n) is 6.44. The minimum Gasteiger partial charge on any atom is -0.352 e. The zero-order chi connectivity index (χ0) is 28.6.